The fourth-order valence-corrected chi connectivity index (χ4v) is 2.53. The predicted molar refractivity (Wildman–Crippen MR) is 68.5 cm³/mol. The molecule has 4 nitrogen and oxygen atoms in total. The third-order valence-electron chi connectivity index (χ3n) is 2.66. The first-order chi connectivity index (χ1) is 8.76. The van der Waals surface area contributed by atoms with E-state index in [1.807, 2.05) is 0 Å². The van der Waals surface area contributed by atoms with E-state index in [9.17, 15) is 18.0 Å². The summed E-state index contributed by atoms with van der Waals surface area (Å²) in [5.41, 5.74) is 5.90. The van der Waals surface area contributed by atoms with Crippen LogP contribution in [0, 0.1) is 0 Å². The number of nitrogen functional groups attached to an aromatic ring is 1. The van der Waals surface area contributed by atoms with Crippen LogP contribution >= 0.6 is 11.3 Å². The Bertz CT molecular complexity index is 482. The van der Waals surface area contributed by atoms with Crippen LogP contribution in [0.15, 0.2) is 6.07 Å². The van der Waals surface area contributed by atoms with Crippen molar-refractivity contribution in [1.82, 2.24) is 5.32 Å². The Morgan fingerprint density at radius 3 is 2.74 bits per heavy atom. The lowest BCUT2D eigenvalue weighted by Crippen LogP contribution is -2.30. The predicted octanol–water partition coefficient (Wildman–Crippen LogP) is 2.22. The fraction of sp³-hybridized carbons (Fsp3) is 0.545. The first-order valence-corrected chi connectivity index (χ1v) is 6.56. The molecule has 1 aliphatic rings. The average Bonchev–Trinajstić information content (AvgIpc) is 2.96. The number of anilines is 2. The Balaban J connectivity index is 2.08. The number of hydrogen-bond donors (Lipinski definition) is 2. The van der Waals surface area contributed by atoms with Crippen LogP contribution in [0.4, 0.5) is 23.9 Å². The number of halogens is 3. The molecule has 0 unspecified atom stereocenters. The van der Waals surface area contributed by atoms with Gasteiger partial charge in [-0.25, -0.2) is 0 Å². The number of carbonyl (C=O) groups is 1. The Hall–Kier alpha value is -1.44. The van der Waals surface area contributed by atoms with Gasteiger partial charge in [0.2, 0.25) is 0 Å². The molecule has 0 bridgehead atoms. The van der Waals surface area contributed by atoms with Crippen molar-refractivity contribution < 1.29 is 18.0 Å². The monoisotopic (exact) mass is 293 g/mol. The van der Waals surface area contributed by atoms with Gasteiger partial charge in [-0.15, -0.1) is 11.3 Å². The summed E-state index contributed by atoms with van der Waals surface area (Å²) in [7, 11) is 1.32. The number of rotatable bonds is 4. The first-order valence-electron chi connectivity index (χ1n) is 5.74. The molecule has 3 N–H and O–H groups in total. The minimum atomic E-state index is -4.29. The molecule has 0 saturated heterocycles. The minimum Gasteiger partial charge on any atom is -0.397 e. The van der Waals surface area contributed by atoms with E-state index in [1.165, 1.54) is 13.1 Å². The molecule has 1 aromatic heterocycles. The number of nitrogens with two attached hydrogens (primary N) is 1. The van der Waals surface area contributed by atoms with Gasteiger partial charge < -0.3 is 16.0 Å². The summed E-state index contributed by atoms with van der Waals surface area (Å²) in [5.74, 6) is -0.309. The maximum absolute atomic E-state index is 12.3. The Morgan fingerprint density at radius 2 is 2.21 bits per heavy atom. The molecule has 2 rings (SSSR count). The smallest absolute Gasteiger partial charge is 0.397 e. The van der Waals surface area contributed by atoms with Crippen molar-refractivity contribution in [2.45, 2.75) is 25.1 Å². The zero-order valence-electron chi connectivity index (χ0n) is 10.3. The molecule has 19 heavy (non-hydrogen) atoms. The van der Waals surface area contributed by atoms with Gasteiger partial charge in [0, 0.05) is 13.1 Å². The van der Waals surface area contributed by atoms with Gasteiger partial charge in [0.05, 0.1) is 10.7 Å². The van der Waals surface area contributed by atoms with Crippen molar-refractivity contribution in [3.8, 4) is 0 Å². The molecule has 106 valence electrons. The Labute approximate surface area is 112 Å². The topological polar surface area (TPSA) is 58.4 Å². The van der Waals surface area contributed by atoms with E-state index in [0.29, 0.717) is 5.00 Å². The van der Waals surface area contributed by atoms with Gasteiger partial charge in [0.15, 0.2) is 0 Å². The van der Waals surface area contributed by atoms with Crippen molar-refractivity contribution >= 4 is 27.9 Å². The van der Waals surface area contributed by atoms with E-state index >= 15 is 0 Å². The quantitative estimate of drug-likeness (QED) is 0.895. The molecule has 1 saturated carbocycles. The lowest BCUT2D eigenvalue weighted by molar-refractivity contribution is -0.119. The molecule has 1 fully saturated rings. The van der Waals surface area contributed by atoms with Gasteiger partial charge in [-0.2, -0.15) is 13.2 Å². The first kappa shape index (κ1) is 14.0. The second-order valence-electron chi connectivity index (χ2n) is 4.59. The summed E-state index contributed by atoms with van der Waals surface area (Å²) < 4.78 is 36.9. The number of thiophene rings is 1. The molecular weight excluding hydrogens is 279 g/mol. The van der Waals surface area contributed by atoms with E-state index in [2.05, 4.69) is 5.32 Å². The van der Waals surface area contributed by atoms with Gasteiger partial charge in [-0.05, 0) is 18.9 Å². The lowest BCUT2D eigenvalue weighted by atomic mass is 10.3. The third-order valence-corrected chi connectivity index (χ3v) is 3.92. The lowest BCUT2D eigenvalue weighted by Gasteiger charge is -2.18. The Morgan fingerprint density at radius 1 is 1.58 bits per heavy atom. The maximum Gasteiger partial charge on any atom is 0.405 e. The van der Waals surface area contributed by atoms with Crippen LogP contribution in [0.5, 0.6) is 0 Å². The van der Waals surface area contributed by atoms with Gasteiger partial charge >= 0.3 is 6.18 Å². The molecule has 1 heterocycles. The molecule has 0 aromatic carbocycles. The number of carbonyl (C=O) groups excluding carboxylic acids is 1. The zero-order chi connectivity index (χ0) is 14.2. The summed E-state index contributed by atoms with van der Waals surface area (Å²) in [5, 5.41) is 3.09. The van der Waals surface area contributed by atoms with Crippen molar-refractivity contribution in [1.29, 1.82) is 0 Å². The van der Waals surface area contributed by atoms with Crippen LogP contribution in [0.3, 0.4) is 0 Å². The van der Waals surface area contributed by atoms with Gasteiger partial charge in [0.25, 0.3) is 5.91 Å². The van der Waals surface area contributed by atoms with Crippen LogP contribution in [0.25, 0.3) is 0 Å². The molecule has 0 radical (unpaired) electrons. The van der Waals surface area contributed by atoms with Crippen molar-refractivity contribution in [2.24, 2.45) is 0 Å². The summed E-state index contributed by atoms with van der Waals surface area (Å²) in [6, 6.07) is 1.59. The molecule has 0 aliphatic heterocycles. The van der Waals surface area contributed by atoms with E-state index in [0.717, 1.165) is 29.1 Å². The van der Waals surface area contributed by atoms with Crippen molar-refractivity contribution in [3.05, 3.63) is 10.9 Å². The summed E-state index contributed by atoms with van der Waals surface area (Å²) in [4.78, 5) is 13.1. The molecule has 0 atom stereocenters. The molecule has 1 aromatic rings. The average molecular weight is 293 g/mol. The molecular formula is C11H14F3N3OS. The number of nitrogens with one attached hydrogen (secondary N) is 1. The third kappa shape index (κ3) is 3.76. The molecule has 1 aliphatic carbocycles. The molecule has 8 heteroatoms. The van der Waals surface area contributed by atoms with Crippen LogP contribution in [0.1, 0.15) is 22.5 Å². The second-order valence-corrected chi connectivity index (χ2v) is 5.62. The summed E-state index contributed by atoms with van der Waals surface area (Å²) >= 11 is 0.975. The standard InChI is InChI=1S/C11H14F3N3OS/c1-17(5-11(12,13)14)8-4-7(15)9(19-8)10(18)16-6-2-3-6/h4,6H,2-3,5,15H2,1H3,(H,16,18). The van der Waals surface area contributed by atoms with E-state index in [4.69, 9.17) is 5.73 Å². The van der Waals surface area contributed by atoms with Gasteiger partial charge in [-0.3, -0.25) is 4.79 Å². The summed E-state index contributed by atoms with van der Waals surface area (Å²) in [6.45, 7) is -1.07. The highest BCUT2D eigenvalue weighted by Gasteiger charge is 2.31. The van der Waals surface area contributed by atoms with Gasteiger partial charge in [-0.1, -0.05) is 0 Å². The van der Waals surface area contributed by atoms with Crippen LogP contribution in [-0.4, -0.2) is 31.7 Å². The number of amides is 1. The van der Waals surface area contributed by atoms with E-state index in [-0.39, 0.29) is 22.5 Å². The second kappa shape index (κ2) is 4.92. The molecule has 1 amide bonds. The number of nitrogens with zero attached hydrogens (tertiary/aromatic N) is 1. The number of alkyl halides is 3. The Kier molecular flexibility index (Phi) is 3.62. The largest absolute Gasteiger partial charge is 0.405 e. The van der Waals surface area contributed by atoms with Crippen molar-refractivity contribution in [3.63, 3.8) is 0 Å². The van der Waals surface area contributed by atoms with Crippen LogP contribution in [0.2, 0.25) is 0 Å². The van der Waals surface area contributed by atoms with Crippen LogP contribution < -0.4 is 16.0 Å². The van der Waals surface area contributed by atoms with Crippen molar-refractivity contribution in [2.75, 3.05) is 24.2 Å². The molecule has 0 spiro atoms. The highest BCUT2D eigenvalue weighted by molar-refractivity contribution is 7.18. The fourth-order valence-electron chi connectivity index (χ4n) is 1.58. The maximum atomic E-state index is 12.3. The normalized spacial score (nSPS) is 15.4. The number of hydrogen-bond acceptors (Lipinski definition) is 4. The zero-order valence-corrected chi connectivity index (χ0v) is 11.1. The van der Waals surface area contributed by atoms with Gasteiger partial charge in [0.1, 0.15) is 11.4 Å². The highest BCUT2D eigenvalue weighted by Crippen LogP contribution is 2.33. The summed E-state index contributed by atoms with van der Waals surface area (Å²) in [6.07, 6.45) is -2.40. The highest BCUT2D eigenvalue weighted by atomic mass is 32.1. The van der Waals surface area contributed by atoms with Crippen LogP contribution in [-0.2, 0) is 0 Å². The minimum absolute atomic E-state index is 0.186. The SMILES string of the molecule is CN(CC(F)(F)F)c1cc(N)c(C(=O)NC2CC2)s1. The van der Waals surface area contributed by atoms with E-state index in [1.54, 1.807) is 0 Å². The van der Waals surface area contributed by atoms with E-state index < -0.39 is 12.7 Å².